The molecule has 0 radical (unpaired) electrons. The van der Waals surface area contributed by atoms with Crippen molar-refractivity contribution in [2.24, 2.45) is 0 Å². The third kappa shape index (κ3) is 2.60. The first kappa shape index (κ1) is 15.7. The molecule has 0 fully saturated rings. The standard InChI is InChI=1S/C17H15N3O4/c1-2-18-16(21)14-5-3-4-6-15(14)19(17(18)22)11-12-7-9-13(10-8-12)20(23)24/h3-10H,2,11H2,1H3/p+2. The minimum atomic E-state index is -0.449. The van der Waals surface area contributed by atoms with Crippen molar-refractivity contribution >= 4 is 16.6 Å². The minimum absolute atomic E-state index is 0.00514. The monoisotopic (exact) mass is 327 g/mol. The van der Waals surface area contributed by atoms with E-state index in [2.05, 4.69) is 0 Å². The van der Waals surface area contributed by atoms with Crippen molar-refractivity contribution in [1.29, 1.82) is 0 Å². The molecule has 24 heavy (non-hydrogen) atoms. The lowest BCUT2D eigenvalue weighted by atomic mass is 10.2. The third-order valence-electron chi connectivity index (χ3n) is 3.98. The number of nitro groups is 1. The number of hydrogen-bond donors (Lipinski definition) is 2. The molecular formula is C17H17N3O4+2. The van der Waals surface area contributed by atoms with Crippen LogP contribution in [0.15, 0.2) is 48.5 Å². The van der Waals surface area contributed by atoms with Crippen LogP contribution in [-0.2, 0) is 13.1 Å². The maximum Gasteiger partial charge on any atom is 0.632 e. The van der Waals surface area contributed by atoms with Gasteiger partial charge in [-0.2, -0.15) is 0 Å². The number of rotatable bonds is 4. The number of para-hydroxylation sites is 1. The van der Waals surface area contributed by atoms with Crippen molar-refractivity contribution in [3.05, 3.63) is 64.2 Å². The summed E-state index contributed by atoms with van der Waals surface area (Å²) in [6, 6.07) is 13.3. The molecule has 2 aromatic carbocycles. The zero-order valence-electron chi connectivity index (χ0n) is 13.1. The molecule has 3 aromatic rings. The Kier molecular flexibility index (Phi) is 3.99. The fourth-order valence-electron chi connectivity index (χ4n) is 2.74. The number of non-ortho nitro benzene ring substituents is 1. The van der Waals surface area contributed by atoms with E-state index in [9.17, 15) is 20.3 Å². The van der Waals surface area contributed by atoms with Crippen LogP contribution in [0.3, 0.4) is 0 Å². The summed E-state index contributed by atoms with van der Waals surface area (Å²) in [5.41, 5.74) is 1.50. The lowest BCUT2D eigenvalue weighted by Gasteiger charge is -2.04. The van der Waals surface area contributed by atoms with Crippen molar-refractivity contribution in [2.75, 3.05) is 0 Å². The Morgan fingerprint density at radius 2 is 1.71 bits per heavy atom. The van der Waals surface area contributed by atoms with Gasteiger partial charge in [-0.1, -0.05) is 21.3 Å². The van der Waals surface area contributed by atoms with Crippen molar-refractivity contribution in [3.63, 3.8) is 0 Å². The smallest absolute Gasteiger partial charge is 0.459 e. The molecular weight excluding hydrogens is 310 g/mol. The molecule has 0 aliphatic heterocycles. The van der Waals surface area contributed by atoms with E-state index in [1.807, 2.05) is 19.1 Å². The second kappa shape index (κ2) is 6.11. The Hall–Kier alpha value is -3.22. The van der Waals surface area contributed by atoms with Crippen molar-refractivity contribution in [2.45, 2.75) is 20.0 Å². The number of aromatic hydroxyl groups is 2. The summed E-state index contributed by atoms with van der Waals surface area (Å²) in [6.07, 6.45) is 0. The fraction of sp³-hybridized carbons (Fsp3) is 0.176. The molecule has 122 valence electrons. The molecule has 0 atom stereocenters. The van der Waals surface area contributed by atoms with Gasteiger partial charge in [-0.3, -0.25) is 10.1 Å². The fourth-order valence-corrected chi connectivity index (χ4v) is 2.74. The summed E-state index contributed by atoms with van der Waals surface area (Å²) in [7, 11) is 0. The average molecular weight is 327 g/mol. The molecule has 0 bridgehead atoms. The van der Waals surface area contributed by atoms with E-state index < -0.39 is 4.92 Å². The molecule has 0 spiro atoms. The SMILES string of the molecule is CC[n+]1c(O)c2ccccc2[n+](Cc2ccc([N+](=O)[O-])cc2)c1O. The van der Waals surface area contributed by atoms with Gasteiger partial charge in [0.15, 0.2) is 18.5 Å². The first-order chi connectivity index (χ1) is 11.5. The highest BCUT2D eigenvalue weighted by Gasteiger charge is 2.32. The molecule has 0 aliphatic carbocycles. The molecule has 1 heterocycles. The van der Waals surface area contributed by atoms with Gasteiger partial charge in [0, 0.05) is 23.8 Å². The quantitative estimate of drug-likeness (QED) is 0.434. The van der Waals surface area contributed by atoms with Crippen LogP contribution in [0.2, 0.25) is 0 Å². The zero-order valence-corrected chi connectivity index (χ0v) is 13.1. The van der Waals surface area contributed by atoms with Crippen LogP contribution < -0.4 is 9.13 Å². The van der Waals surface area contributed by atoms with Gasteiger partial charge in [-0.15, -0.1) is 0 Å². The third-order valence-corrected chi connectivity index (χ3v) is 3.98. The Bertz CT molecular complexity index is 923. The second-order valence-electron chi connectivity index (χ2n) is 5.39. The molecule has 3 rings (SSSR count). The molecule has 0 saturated carbocycles. The van der Waals surface area contributed by atoms with E-state index in [-0.39, 0.29) is 17.6 Å². The predicted molar refractivity (Wildman–Crippen MR) is 85.5 cm³/mol. The number of aromatic nitrogens is 2. The first-order valence-electron chi connectivity index (χ1n) is 7.52. The molecule has 2 N–H and O–H groups in total. The van der Waals surface area contributed by atoms with Crippen LogP contribution in [0, 0.1) is 10.1 Å². The summed E-state index contributed by atoms with van der Waals surface area (Å²) in [5.74, 6) is 0.00514. The minimum Gasteiger partial charge on any atom is -0.459 e. The second-order valence-corrected chi connectivity index (χ2v) is 5.39. The number of fused-ring (bicyclic) bond motifs is 1. The lowest BCUT2D eigenvalue weighted by molar-refractivity contribution is -0.816. The number of nitro benzene ring substituents is 1. The van der Waals surface area contributed by atoms with Crippen molar-refractivity contribution < 1.29 is 24.3 Å². The Labute approximate surface area is 137 Å². The van der Waals surface area contributed by atoms with Crippen LogP contribution in [0.5, 0.6) is 11.9 Å². The molecule has 0 saturated heterocycles. The van der Waals surface area contributed by atoms with Gasteiger partial charge < -0.3 is 10.2 Å². The summed E-state index contributed by atoms with van der Waals surface area (Å²) in [4.78, 5) is 10.3. The zero-order chi connectivity index (χ0) is 17.3. The maximum absolute atomic E-state index is 10.7. The first-order valence-corrected chi connectivity index (χ1v) is 7.52. The van der Waals surface area contributed by atoms with Crippen LogP contribution in [0.4, 0.5) is 5.69 Å². The number of nitrogens with zero attached hydrogens (tertiary/aromatic N) is 3. The van der Waals surface area contributed by atoms with E-state index in [1.54, 1.807) is 28.8 Å². The highest BCUT2D eigenvalue weighted by Crippen LogP contribution is 2.21. The highest BCUT2D eigenvalue weighted by molar-refractivity contribution is 5.79. The summed E-state index contributed by atoms with van der Waals surface area (Å²) < 4.78 is 3.08. The average Bonchev–Trinajstić information content (AvgIpc) is 2.59. The van der Waals surface area contributed by atoms with Crippen LogP contribution >= 0.6 is 0 Å². The van der Waals surface area contributed by atoms with E-state index in [1.165, 1.54) is 16.7 Å². The van der Waals surface area contributed by atoms with Gasteiger partial charge >= 0.3 is 11.9 Å². The molecule has 0 amide bonds. The molecule has 0 unspecified atom stereocenters. The molecule has 7 heteroatoms. The van der Waals surface area contributed by atoms with Gasteiger partial charge in [-0.25, -0.2) is 0 Å². The van der Waals surface area contributed by atoms with Gasteiger partial charge in [0.2, 0.25) is 5.52 Å². The number of benzene rings is 2. The van der Waals surface area contributed by atoms with Crippen LogP contribution in [0.25, 0.3) is 10.9 Å². The maximum atomic E-state index is 10.7. The summed E-state index contributed by atoms with van der Waals surface area (Å²) >= 11 is 0. The van der Waals surface area contributed by atoms with Gasteiger partial charge in [0.25, 0.3) is 5.69 Å². The molecule has 0 aliphatic rings. The largest absolute Gasteiger partial charge is 0.632 e. The number of hydrogen-bond acceptors (Lipinski definition) is 4. The van der Waals surface area contributed by atoms with Gasteiger partial charge in [-0.05, 0) is 25.1 Å². The Balaban J connectivity index is 2.13. The van der Waals surface area contributed by atoms with E-state index >= 15 is 0 Å². The van der Waals surface area contributed by atoms with Crippen LogP contribution in [0.1, 0.15) is 12.5 Å². The Morgan fingerprint density at radius 3 is 2.33 bits per heavy atom. The molecule has 1 aromatic heterocycles. The van der Waals surface area contributed by atoms with E-state index in [4.69, 9.17) is 0 Å². The normalized spacial score (nSPS) is 10.9. The van der Waals surface area contributed by atoms with E-state index in [0.29, 0.717) is 24.0 Å². The van der Waals surface area contributed by atoms with Crippen LogP contribution in [-0.4, -0.2) is 15.1 Å². The highest BCUT2D eigenvalue weighted by atomic mass is 16.6. The predicted octanol–water partition coefficient (Wildman–Crippen LogP) is 1.80. The van der Waals surface area contributed by atoms with E-state index in [0.717, 1.165) is 5.56 Å². The van der Waals surface area contributed by atoms with Gasteiger partial charge in [0.05, 0.1) is 4.92 Å². The lowest BCUT2D eigenvalue weighted by Crippen LogP contribution is -2.48. The van der Waals surface area contributed by atoms with Crippen molar-refractivity contribution in [3.8, 4) is 11.9 Å². The Morgan fingerprint density at radius 1 is 1.04 bits per heavy atom. The van der Waals surface area contributed by atoms with Gasteiger partial charge in [0.1, 0.15) is 0 Å². The molecule has 7 nitrogen and oxygen atoms in total. The summed E-state index contributed by atoms with van der Waals surface area (Å²) in [6.45, 7) is 2.55. The topological polar surface area (TPSA) is 91.4 Å². The summed E-state index contributed by atoms with van der Waals surface area (Å²) in [5, 5.41) is 32.2. The van der Waals surface area contributed by atoms with Crippen molar-refractivity contribution in [1.82, 2.24) is 0 Å².